The average molecular weight is 290 g/mol. The summed E-state index contributed by atoms with van der Waals surface area (Å²) in [5.74, 6) is 0.939. The van der Waals surface area contributed by atoms with E-state index >= 15 is 0 Å². The van der Waals surface area contributed by atoms with Gasteiger partial charge >= 0.3 is 0 Å². The first-order valence-corrected chi connectivity index (χ1v) is 7.72. The number of pyridine rings is 1. The Labute approximate surface area is 127 Å². The van der Waals surface area contributed by atoms with Gasteiger partial charge in [-0.3, -0.25) is 4.79 Å². The first-order valence-electron chi connectivity index (χ1n) is 7.72. The van der Waals surface area contributed by atoms with Crippen LogP contribution in [0.4, 0.5) is 5.82 Å². The Morgan fingerprint density at radius 2 is 1.95 bits per heavy atom. The van der Waals surface area contributed by atoms with Crippen LogP contribution in [0.5, 0.6) is 0 Å². The largest absolute Gasteiger partial charge is 0.354 e. The summed E-state index contributed by atoms with van der Waals surface area (Å²) in [6, 6.07) is 4.68. The zero-order valence-corrected chi connectivity index (χ0v) is 13.2. The molecule has 0 radical (unpaired) electrons. The standard InChI is InChI=1S/C16H26N4O/c1-4-20(14-8-6-13(17)7-9-14)15-10-5-12(11-18-15)16(21)19(2)3/h5,10-11,13-14H,4,6-9,17H2,1-3H3. The monoisotopic (exact) mass is 290 g/mol. The number of hydrogen-bond donors (Lipinski definition) is 1. The van der Waals surface area contributed by atoms with Gasteiger partial charge in [-0.05, 0) is 44.7 Å². The molecule has 2 rings (SSSR count). The Morgan fingerprint density at radius 1 is 1.29 bits per heavy atom. The third kappa shape index (κ3) is 3.73. The number of rotatable bonds is 4. The summed E-state index contributed by atoms with van der Waals surface area (Å²) in [6.07, 6.45) is 6.08. The molecule has 0 saturated heterocycles. The molecule has 116 valence electrons. The van der Waals surface area contributed by atoms with E-state index in [9.17, 15) is 4.79 Å². The summed E-state index contributed by atoms with van der Waals surface area (Å²) < 4.78 is 0. The van der Waals surface area contributed by atoms with Crippen LogP contribution in [-0.4, -0.2) is 48.5 Å². The van der Waals surface area contributed by atoms with Gasteiger partial charge < -0.3 is 15.5 Å². The van der Waals surface area contributed by atoms with Crippen molar-refractivity contribution >= 4 is 11.7 Å². The summed E-state index contributed by atoms with van der Waals surface area (Å²) in [6.45, 7) is 3.07. The number of aromatic nitrogens is 1. The fraction of sp³-hybridized carbons (Fsp3) is 0.625. The third-order valence-corrected chi connectivity index (χ3v) is 4.22. The van der Waals surface area contributed by atoms with Crippen LogP contribution in [-0.2, 0) is 0 Å². The van der Waals surface area contributed by atoms with Crippen molar-refractivity contribution in [2.75, 3.05) is 25.5 Å². The predicted molar refractivity (Wildman–Crippen MR) is 85.5 cm³/mol. The van der Waals surface area contributed by atoms with Crippen LogP contribution >= 0.6 is 0 Å². The smallest absolute Gasteiger partial charge is 0.254 e. The van der Waals surface area contributed by atoms with Gasteiger partial charge in [-0.25, -0.2) is 4.98 Å². The van der Waals surface area contributed by atoms with Crippen molar-refractivity contribution < 1.29 is 4.79 Å². The van der Waals surface area contributed by atoms with Crippen molar-refractivity contribution in [3.8, 4) is 0 Å². The van der Waals surface area contributed by atoms with E-state index in [-0.39, 0.29) is 5.91 Å². The Kier molecular flexibility index (Phi) is 5.17. The number of amides is 1. The Bertz CT molecular complexity index is 464. The molecule has 21 heavy (non-hydrogen) atoms. The molecule has 1 aliphatic rings. The lowest BCUT2D eigenvalue weighted by molar-refractivity contribution is 0.0827. The van der Waals surface area contributed by atoms with Gasteiger partial charge in [-0.15, -0.1) is 0 Å². The van der Waals surface area contributed by atoms with Gasteiger partial charge in [0.15, 0.2) is 0 Å². The maximum Gasteiger partial charge on any atom is 0.254 e. The lowest BCUT2D eigenvalue weighted by Crippen LogP contribution is -2.41. The van der Waals surface area contributed by atoms with Gasteiger partial charge in [0.25, 0.3) is 5.91 Å². The molecular weight excluding hydrogens is 264 g/mol. The maximum absolute atomic E-state index is 11.9. The fourth-order valence-electron chi connectivity index (χ4n) is 2.96. The third-order valence-electron chi connectivity index (χ3n) is 4.22. The average Bonchev–Trinajstić information content (AvgIpc) is 2.50. The molecule has 0 spiro atoms. The van der Waals surface area contributed by atoms with Crippen LogP contribution in [0.15, 0.2) is 18.3 Å². The van der Waals surface area contributed by atoms with Crippen molar-refractivity contribution in [2.45, 2.75) is 44.7 Å². The van der Waals surface area contributed by atoms with E-state index in [0.717, 1.165) is 38.0 Å². The van der Waals surface area contributed by atoms with E-state index in [1.165, 1.54) is 0 Å². The molecule has 0 aliphatic heterocycles. The Hall–Kier alpha value is -1.62. The van der Waals surface area contributed by atoms with E-state index in [2.05, 4.69) is 16.8 Å². The molecule has 1 aromatic rings. The zero-order valence-electron chi connectivity index (χ0n) is 13.2. The number of nitrogens with zero attached hydrogens (tertiary/aromatic N) is 3. The fourth-order valence-corrected chi connectivity index (χ4v) is 2.96. The molecule has 5 heteroatoms. The second kappa shape index (κ2) is 6.89. The van der Waals surface area contributed by atoms with Gasteiger partial charge in [-0.2, -0.15) is 0 Å². The number of nitrogens with two attached hydrogens (primary N) is 1. The first-order chi connectivity index (χ1) is 10.0. The van der Waals surface area contributed by atoms with Gasteiger partial charge in [0.1, 0.15) is 5.82 Å². The lowest BCUT2D eigenvalue weighted by Gasteiger charge is -2.36. The van der Waals surface area contributed by atoms with Crippen molar-refractivity contribution in [1.29, 1.82) is 0 Å². The van der Waals surface area contributed by atoms with E-state index in [4.69, 9.17) is 5.73 Å². The second-order valence-electron chi connectivity index (χ2n) is 5.96. The van der Waals surface area contributed by atoms with Crippen LogP contribution in [0.3, 0.4) is 0 Å². The predicted octanol–water partition coefficient (Wildman–Crippen LogP) is 1.88. The van der Waals surface area contributed by atoms with E-state index in [1.54, 1.807) is 25.2 Å². The van der Waals surface area contributed by atoms with Gasteiger partial charge in [0.05, 0.1) is 5.56 Å². The number of carbonyl (C=O) groups excluding carboxylic acids is 1. The molecule has 1 fully saturated rings. The number of carbonyl (C=O) groups is 1. The molecule has 0 bridgehead atoms. The second-order valence-corrected chi connectivity index (χ2v) is 5.96. The Balaban J connectivity index is 2.10. The SMILES string of the molecule is CCN(c1ccc(C(=O)N(C)C)cn1)C1CCC(N)CC1. The van der Waals surface area contributed by atoms with Crippen LogP contribution < -0.4 is 10.6 Å². The Morgan fingerprint density at radius 3 is 2.43 bits per heavy atom. The summed E-state index contributed by atoms with van der Waals surface area (Å²) in [5.41, 5.74) is 6.61. The zero-order chi connectivity index (χ0) is 15.4. The van der Waals surface area contributed by atoms with Crippen molar-refractivity contribution in [2.24, 2.45) is 5.73 Å². The molecule has 0 unspecified atom stereocenters. The van der Waals surface area contributed by atoms with Crippen LogP contribution in [0.1, 0.15) is 43.0 Å². The lowest BCUT2D eigenvalue weighted by atomic mass is 9.90. The quantitative estimate of drug-likeness (QED) is 0.919. The van der Waals surface area contributed by atoms with Gasteiger partial charge in [-0.1, -0.05) is 0 Å². The van der Waals surface area contributed by atoms with E-state index < -0.39 is 0 Å². The number of hydrogen-bond acceptors (Lipinski definition) is 4. The van der Waals surface area contributed by atoms with E-state index in [1.807, 2.05) is 12.1 Å². The van der Waals surface area contributed by atoms with Crippen LogP contribution in [0.2, 0.25) is 0 Å². The molecule has 1 aliphatic carbocycles. The highest BCUT2D eigenvalue weighted by molar-refractivity contribution is 5.93. The van der Waals surface area contributed by atoms with Crippen LogP contribution in [0, 0.1) is 0 Å². The van der Waals surface area contributed by atoms with Crippen molar-refractivity contribution in [3.63, 3.8) is 0 Å². The molecule has 1 heterocycles. The summed E-state index contributed by atoms with van der Waals surface area (Å²) in [4.78, 5) is 20.3. The highest BCUT2D eigenvalue weighted by atomic mass is 16.2. The van der Waals surface area contributed by atoms with Crippen molar-refractivity contribution in [3.05, 3.63) is 23.9 Å². The van der Waals surface area contributed by atoms with E-state index in [0.29, 0.717) is 17.6 Å². The topological polar surface area (TPSA) is 62.5 Å². The normalized spacial score (nSPS) is 21.9. The summed E-state index contributed by atoms with van der Waals surface area (Å²) in [7, 11) is 3.50. The highest BCUT2D eigenvalue weighted by Gasteiger charge is 2.24. The molecule has 1 saturated carbocycles. The minimum absolute atomic E-state index is 0.0132. The minimum Gasteiger partial charge on any atom is -0.354 e. The van der Waals surface area contributed by atoms with Gasteiger partial charge in [0.2, 0.25) is 0 Å². The van der Waals surface area contributed by atoms with Gasteiger partial charge in [0, 0.05) is 38.9 Å². The van der Waals surface area contributed by atoms with Crippen LogP contribution in [0.25, 0.3) is 0 Å². The molecule has 1 amide bonds. The molecule has 2 N–H and O–H groups in total. The highest BCUT2D eigenvalue weighted by Crippen LogP contribution is 2.25. The molecule has 0 atom stereocenters. The molecule has 5 nitrogen and oxygen atoms in total. The minimum atomic E-state index is -0.0132. The first kappa shape index (κ1) is 15.8. The maximum atomic E-state index is 11.9. The summed E-state index contributed by atoms with van der Waals surface area (Å²) >= 11 is 0. The number of anilines is 1. The van der Waals surface area contributed by atoms with Crippen molar-refractivity contribution in [1.82, 2.24) is 9.88 Å². The molecular formula is C16H26N4O. The molecule has 1 aromatic heterocycles. The molecule has 0 aromatic carbocycles. The summed E-state index contributed by atoms with van der Waals surface area (Å²) in [5, 5.41) is 0.